The monoisotopic (exact) mass is 251 g/mol. The van der Waals surface area contributed by atoms with E-state index in [1.54, 1.807) is 7.11 Å². The van der Waals surface area contributed by atoms with Crippen molar-refractivity contribution in [3.8, 4) is 5.75 Å². The molecule has 1 aromatic carbocycles. The van der Waals surface area contributed by atoms with Gasteiger partial charge in [-0.15, -0.1) is 0 Å². The molecule has 0 aliphatic heterocycles. The maximum Gasteiger partial charge on any atom is 0.119 e. The number of benzene rings is 1. The van der Waals surface area contributed by atoms with Gasteiger partial charge in [0.2, 0.25) is 0 Å². The van der Waals surface area contributed by atoms with Crippen LogP contribution in [0.2, 0.25) is 0 Å². The summed E-state index contributed by atoms with van der Waals surface area (Å²) < 4.78 is 5.21. The molecular formula is C15H25NO2. The Labute approximate surface area is 110 Å². The highest BCUT2D eigenvalue weighted by Crippen LogP contribution is 2.21. The lowest BCUT2D eigenvalue weighted by Crippen LogP contribution is -2.37. The minimum atomic E-state index is -0.356. The summed E-state index contributed by atoms with van der Waals surface area (Å²) in [7, 11) is 1.67. The first-order chi connectivity index (χ1) is 8.34. The van der Waals surface area contributed by atoms with Crippen molar-refractivity contribution in [1.82, 2.24) is 5.32 Å². The van der Waals surface area contributed by atoms with Gasteiger partial charge in [0.25, 0.3) is 0 Å². The van der Waals surface area contributed by atoms with Crippen molar-refractivity contribution < 1.29 is 9.84 Å². The summed E-state index contributed by atoms with van der Waals surface area (Å²) in [5.41, 5.74) is 1.07. The highest BCUT2D eigenvalue weighted by molar-refractivity contribution is 5.30. The maximum atomic E-state index is 10.00. The molecular weight excluding hydrogens is 226 g/mol. The van der Waals surface area contributed by atoms with Crippen molar-refractivity contribution >= 4 is 0 Å². The van der Waals surface area contributed by atoms with Crippen molar-refractivity contribution in [2.24, 2.45) is 5.41 Å². The van der Waals surface area contributed by atoms with E-state index in [-0.39, 0.29) is 17.6 Å². The molecule has 2 N–H and O–H groups in total. The van der Waals surface area contributed by atoms with Gasteiger partial charge < -0.3 is 15.2 Å². The zero-order chi connectivity index (χ0) is 13.8. The van der Waals surface area contributed by atoms with E-state index < -0.39 is 0 Å². The number of aliphatic hydroxyl groups excluding tert-OH is 1. The summed E-state index contributed by atoms with van der Waals surface area (Å²) in [5.74, 6) is 0.859. The molecule has 0 amide bonds. The van der Waals surface area contributed by atoms with E-state index in [2.05, 4.69) is 18.3 Å². The van der Waals surface area contributed by atoms with E-state index in [9.17, 15) is 5.11 Å². The Morgan fingerprint density at radius 3 is 2.56 bits per heavy atom. The lowest BCUT2D eigenvalue weighted by atomic mass is 9.89. The van der Waals surface area contributed by atoms with Crippen LogP contribution in [0, 0.1) is 5.41 Å². The van der Waals surface area contributed by atoms with Gasteiger partial charge in [-0.3, -0.25) is 0 Å². The molecule has 0 saturated heterocycles. The Balaban J connectivity index is 2.57. The number of hydrogen-bond donors (Lipinski definition) is 2. The molecule has 2 atom stereocenters. The van der Waals surface area contributed by atoms with Gasteiger partial charge >= 0.3 is 0 Å². The Bertz CT molecular complexity index is 371. The van der Waals surface area contributed by atoms with Crippen molar-refractivity contribution in [1.29, 1.82) is 0 Å². The predicted octanol–water partition coefficient (Wildman–Crippen LogP) is 2.75. The standard InChI is InChI=1S/C15H25NO2/c1-11(16-10-14(17)15(2,3)4)12-7-6-8-13(9-12)18-5/h6-9,11,14,16-17H,10H2,1-5H3. The second kappa shape index (κ2) is 6.21. The second-order valence-electron chi connectivity index (χ2n) is 5.79. The molecule has 0 aliphatic carbocycles. The van der Waals surface area contributed by atoms with Crippen LogP contribution >= 0.6 is 0 Å². The number of hydrogen-bond acceptors (Lipinski definition) is 3. The summed E-state index contributed by atoms with van der Waals surface area (Å²) >= 11 is 0. The fourth-order valence-corrected chi connectivity index (χ4v) is 1.62. The van der Waals surface area contributed by atoms with E-state index >= 15 is 0 Å². The molecule has 0 aliphatic rings. The molecule has 18 heavy (non-hydrogen) atoms. The van der Waals surface area contributed by atoms with Gasteiger partial charge in [-0.1, -0.05) is 32.9 Å². The van der Waals surface area contributed by atoms with E-state index in [1.807, 2.05) is 39.0 Å². The molecule has 3 heteroatoms. The normalized spacial score (nSPS) is 15.2. The summed E-state index contributed by atoms with van der Waals surface area (Å²) in [6.45, 7) is 8.78. The molecule has 102 valence electrons. The van der Waals surface area contributed by atoms with Crippen LogP contribution in [0.15, 0.2) is 24.3 Å². The topological polar surface area (TPSA) is 41.5 Å². The summed E-state index contributed by atoms with van der Waals surface area (Å²) in [6, 6.07) is 8.18. The molecule has 1 aromatic rings. The quantitative estimate of drug-likeness (QED) is 0.845. The molecule has 0 radical (unpaired) electrons. The van der Waals surface area contributed by atoms with Crippen LogP contribution in [0.5, 0.6) is 5.75 Å². The number of rotatable bonds is 5. The summed E-state index contributed by atoms with van der Waals surface area (Å²) in [6.07, 6.45) is -0.356. The van der Waals surface area contributed by atoms with E-state index in [4.69, 9.17) is 4.74 Å². The number of aliphatic hydroxyl groups is 1. The summed E-state index contributed by atoms with van der Waals surface area (Å²) in [4.78, 5) is 0. The van der Waals surface area contributed by atoms with Gasteiger partial charge in [-0.25, -0.2) is 0 Å². The lowest BCUT2D eigenvalue weighted by molar-refractivity contribution is 0.0609. The lowest BCUT2D eigenvalue weighted by Gasteiger charge is -2.27. The van der Waals surface area contributed by atoms with Crippen LogP contribution in [-0.4, -0.2) is 24.9 Å². The Morgan fingerprint density at radius 2 is 2.00 bits per heavy atom. The maximum absolute atomic E-state index is 10.00. The van der Waals surface area contributed by atoms with Crippen LogP contribution in [0.4, 0.5) is 0 Å². The third-order valence-electron chi connectivity index (χ3n) is 3.21. The predicted molar refractivity (Wildman–Crippen MR) is 74.9 cm³/mol. The molecule has 0 aromatic heterocycles. The largest absolute Gasteiger partial charge is 0.497 e. The number of ether oxygens (including phenoxy) is 1. The van der Waals surface area contributed by atoms with Crippen molar-refractivity contribution in [3.63, 3.8) is 0 Å². The highest BCUT2D eigenvalue weighted by Gasteiger charge is 2.22. The number of methoxy groups -OCH3 is 1. The summed E-state index contributed by atoms with van der Waals surface area (Å²) in [5, 5.41) is 13.3. The molecule has 0 saturated carbocycles. The van der Waals surface area contributed by atoms with Crippen LogP contribution in [0.3, 0.4) is 0 Å². The van der Waals surface area contributed by atoms with E-state index in [0.29, 0.717) is 6.54 Å². The van der Waals surface area contributed by atoms with Crippen LogP contribution in [0.25, 0.3) is 0 Å². The molecule has 0 bridgehead atoms. The van der Waals surface area contributed by atoms with Crippen molar-refractivity contribution in [3.05, 3.63) is 29.8 Å². The first-order valence-electron chi connectivity index (χ1n) is 6.40. The van der Waals surface area contributed by atoms with Gasteiger partial charge in [0.15, 0.2) is 0 Å². The van der Waals surface area contributed by atoms with Crippen LogP contribution < -0.4 is 10.1 Å². The molecule has 0 heterocycles. The Kier molecular flexibility index (Phi) is 5.17. The first kappa shape index (κ1) is 15.0. The molecule has 0 spiro atoms. The number of nitrogens with one attached hydrogen (secondary N) is 1. The average Bonchev–Trinajstić information content (AvgIpc) is 2.34. The molecule has 1 rings (SSSR count). The van der Waals surface area contributed by atoms with Gasteiger partial charge in [0.1, 0.15) is 5.75 Å². The second-order valence-corrected chi connectivity index (χ2v) is 5.79. The SMILES string of the molecule is COc1cccc(C(C)NCC(O)C(C)(C)C)c1. The zero-order valence-electron chi connectivity index (χ0n) is 12.0. The fraction of sp³-hybridized carbons (Fsp3) is 0.600. The molecule has 2 unspecified atom stereocenters. The Hall–Kier alpha value is -1.06. The highest BCUT2D eigenvalue weighted by atomic mass is 16.5. The van der Waals surface area contributed by atoms with E-state index in [0.717, 1.165) is 11.3 Å². The first-order valence-corrected chi connectivity index (χ1v) is 6.40. The van der Waals surface area contributed by atoms with Gasteiger partial charge in [-0.05, 0) is 30.0 Å². The van der Waals surface area contributed by atoms with Gasteiger partial charge in [0, 0.05) is 12.6 Å². The third kappa shape index (κ3) is 4.31. The molecule has 0 fully saturated rings. The zero-order valence-corrected chi connectivity index (χ0v) is 12.0. The smallest absolute Gasteiger partial charge is 0.119 e. The van der Waals surface area contributed by atoms with Gasteiger partial charge in [-0.2, -0.15) is 0 Å². The minimum Gasteiger partial charge on any atom is -0.497 e. The minimum absolute atomic E-state index is 0.0961. The third-order valence-corrected chi connectivity index (χ3v) is 3.21. The fourth-order valence-electron chi connectivity index (χ4n) is 1.62. The molecule has 3 nitrogen and oxygen atoms in total. The van der Waals surface area contributed by atoms with Crippen molar-refractivity contribution in [2.75, 3.05) is 13.7 Å². The Morgan fingerprint density at radius 1 is 1.33 bits per heavy atom. The van der Waals surface area contributed by atoms with Crippen LogP contribution in [-0.2, 0) is 0 Å². The van der Waals surface area contributed by atoms with Gasteiger partial charge in [0.05, 0.1) is 13.2 Å². The van der Waals surface area contributed by atoms with Crippen molar-refractivity contribution in [2.45, 2.75) is 39.8 Å². The van der Waals surface area contributed by atoms with Crippen LogP contribution in [0.1, 0.15) is 39.3 Å². The average molecular weight is 251 g/mol. The van der Waals surface area contributed by atoms with E-state index in [1.165, 1.54) is 0 Å².